The van der Waals surface area contributed by atoms with Crippen molar-refractivity contribution in [1.82, 2.24) is 0 Å². The molecule has 2 aliphatic carbocycles. The van der Waals surface area contributed by atoms with Gasteiger partial charge in [0.25, 0.3) is 0 Å². The quantitative estimate of drug-likeness (QED) is 0.668. The van der Waals surface area contributed by atoms with Gasteiger partial charge in [0, 0.05) is 11.2 Å². The smallest absolute Gasteiger partial charge is 0.145 e. The summed E-state index contributed by atoms with van der Waals surface area (Å²) < 4.78 is 0. The van der Waals surface area contributed by atoms with Crippen molar-refractivity contribution < 1.29 is 4.79 Å². The first-order valence-electron chi connectivity index (χ1n) is 5.00. The van der Waals surface area contributed by atoms with Crippen LogP contribution in [0.1, 0.15) is 38.5 Å². The summed E-state index contributed by atoms with van der Waals surface area (Å²) in [6.07, 6.45) is 7.81. The van der Waals surface area contributed by atoms with Crippen molar-refractivity contribution in [2.75, 3.05) is 5.75 Å². The van der Waals surface area contributed by atoms with Crippen LogP contribution in [-0.2, 0) is 4.79 Å². The van der Waals surface area contributed by atoms with Gasteiger partial charge in [0.2, 0.25) is 0 Å². The minimum Gasteiger partial charge on any atom is -0.298 e. The Morgan fingerprint density at radius 1 is 1.17 bits per heavy atom. The third-order valence-electron chi connectivity index (χ3n) is 2.80. The molecule has 0 spiro atoms. The molecular formula is C10H16OS. The predicted molar refractivity (Wildman–Crippen MR) is 52.4 cm³/mol. The molecule has 2 fully saturated rings. The number of Topliss-reactive ketones (excluding diaryl/α,β-unsaturated/α-hetero) is 1. The van der Waals surface area contributed by atoms with Crippen LogP contribution in [0.3, 0.4) is 0 Å². The zero-order chi connectivity index (χ0) is 8.39. The number of thioether (sulfide) groups is 1. The van der Waals surface area contributed by atoms with Crippen LogP contribution in [-0.4, -0.2) is 16.8 Å². The third-order valence-corrected chi connectivity index (χ3v) is 4.19. The van der Waals surface area contributed by atoms with Crippen LogP contribution in [0.4, 0.5) is 0 Å². The molecule has 0 N–H and O–H groups in total. The molecule has 0 radical (unpaired) electrons. The van der Waals surface area contributed by atoms with Gasteiger partial charge in [-0.2, -0.15) is 11.8 Å². The summed E-state index contributed by atoms with van der Waals surface area (Å²) in [7, 11) is 0. The Bertz CT molecular complexity index is 169. The van der Waals surface area contributed by atoms with Gasteiger partial charge in [-0.1, -0.05) is 12.8 Å². The molecule has 2 heteroatoms. The molecule has 1 nitrogen and oxygen atoms in total. The second-order valence-electron chi connectivity index (χ2n) is 3.96. The van der Waals surface area contributed by atoms with Crippen LogP contribution in [0.2, 0.25) is 0 Å². The van der Waals surface area contributed by atoms with Gasteiger partial charge in [0.05, 0.1) is 5.75 Å². The molecule has 0 aliphatic heterocycles. The lowest BCUT2D eigenvalue weighted by atomic mass is 10.3. The third kappa shape index (κ3) is 2.25. The lowest BCUT2D eigenvalue weighted by Crippen LogP contribution is -2.07. The van der Waals surface area contributed by atoms with Gasteiger partial charge in [-0.15, -0.1) is 0 Å². The van der Waals surface area contributed by atoms with Crippen molar-refractivity contribution in [2.45, 2.75) is 43.8 Å². The maximum absolute atomic E-state index is 11.3. The highest BCUT2D eigenvalue weighted by atomic mass is 32.2. The van der Waals surface area contributed by atoms with Gasteiger partial charge in [-0.25, -0.2) is 0 Å². The Hall–Kier alpha value is 0.0200. The van der Waals surface area contributed by atoms with E-state index in [2.05, 4.69) is 0 Å². The molecule has 0 heterocycles. The maximum atomic E-state index is 11.3. The van der Waals surface area contributed by atoms with E-state index >= 15 is 0 Å². The SMILES string of the molecule is O=C(CSC1CCCC1)C1CC1. The highest BCUT2D eigenvalue weighted by molar-refractivity contribution is 8.00. The molecule has 0 aromatic rings. The predicted octanol–water partition coefficient (Wildman–Crippen LogP) is 2.64. The minimum atomic E-state index is 0.471. The molecule has 0 atom stereocenters. The van der Waals surface area contributed by atoms with Crippen molar-refractivity contribution in [1.29, 1.82) is 0 Å². The van der Waals surface area contributed by atoms with Gasteiger partial charge in [0.15, 0.2) is 0 Å². The Kier molecular flexibility index (Phi) is 2.74. The van der Waals surface area contributed by atoms with Gasteiger partial charge in [-0.3, -0.25) is 4.79 Å². The molecule has 0 amide bonds. The number of carbonyl (C=O) groups excluding carboxylic acids is 1. The summed E-state index contributed by atoms with van der Waals surface area (Å²) in [5.41, 5.74) is 0. The normalized spacial score (nSPS) is 24.7. The molecule has 0 aromatic heterocycles. The van der Waals surface area contributed by atoms with E-state index in [1.54, 1.807) is 0 Å². The largest absolute Gasteiger partial charge is 0.298 e. The first-order chi connectivity index (χ1) is 5.86. The number of hydrogen-bond donors (Lipinski definition) is 0. The van der Waals surface area contributed by atoms with Gasteiger partial charge < -0.3 is 0 Å². The van der Waals surface area contributed by atoms with E-state index in [0.717, 1.165) is 11.0 Å². The fourth-order valence-electron chi connectivity index (χ4n) is 1.78. The zero-order valence-corrected chi connectivity index (χ0v) is 8.24. The molecule has 0 bridgehead atoms. The Labute approximate surface area is 78.3 Å². The summed E-state index contributed by atoms with van der Waals surface area (Å²) in [6.45, 7) is 0. The first kappa shape index (κ1) is 8.61. The average molecular weight is 184 g/mol. The second-order valence-corrected chi connectivity index (χ2v) is 5.25. The maximum Gasteiger partial charge on any atom is 0.145 e. The van der Waals surface area contributed by atoms with Crippen LogP contribution < -0.4 is 0 Å². The summed E-state index contributed by atoms with van der Waals surface area (Å²) in [6, 6.07) is 0. The average Bonchev–Trinajstić information content (AvgIpc) is 2.80. The highest BCUT2D eigenvalue weighted by Gasteiger charge is 2.29. The second kappa shape index (κ2) is 3.82. The van der Waals surface area contributed by atoms with E-state index in [9.17, 15) is 4.79 Å². The van der Waals surface area contributed by atoms with Gasteiger partial charge >= 0.3 is 0 Å². The molecule has 0 saturated heterocycles. The summed E-state index contributed by atoms with van der Waals surface area (Å²) in [5.74, 6) is 1.79. The van der Waals surface area contributed by atoms with E-state index < -0.39 is 0 Å². The van der Waals surface area contributed by atoms with E-state index in [1.807, 2.05) is 11.8 Å². The van der Waals surface area contributed by atoms with Crippen molar-refractivity contribution in [3.05, 3.63) is 0 Å². The fourth-order valence-corrected chi connectivity index (χ4v) is 3.08. The van der Waals surface area contributed by atoms with Gasteiger partial charge in [-0.05, 0) is 25.7 Å². The molecule has 68 valence electrons. The molecule has 0 aromatic carbocycles. The first-order valence-corrected chi connectivity index (χ1v) is 6.05. The Balaban J connectivity index is 1.63. The molecule has 0 unspecified atom stereocenters. The number of ketones is 1. The molecular weight excluding hydrogens is 168 g/mol. The topological polar surface area (TPSA) is 17.1 Å². The van der Waals surface area contributed by atoms with Crippen LogP contribution in [0.5, 0.6) is 0 Å². The van der Waals surface area contributed by atoms with Crippen LogP contribution in [0, 0.1) is 5.92 Å². The lowest BCUT2D eigenvalue weighted by Gasteiger charge is -2.06. The van der Waals surface area contributed by atoms with Crippen molar-refractivity contribution in [3.63, 3.8) is 0 Å². The van der Waals surface area contributed by atoms with Crippen molar-refractivity contribution in [3.8, 4) is 0 Å². The van der Waals surface area contributed by atoms with Gasteiger partial charge in [0.1, 0.15) is 5.78 Å². The monoisotopic (exact) mass is 184 g/mol. The zero-order valence-electron chi connectivity index (χ0n) is 7.42. The molecule has 2 saturated carbocycles. The van der Waals surface area contributed by atoms with E-state index in [0.29, 0.717) is 11.7 Å². The Morgan fingerprint density at radius 3 is 2.42 bits per heavy atom. The minimum absolute atomic E-state index is 0.471. The number of rotatable bonds is 4. The standard InChI is InChI=1S/C10H16OS/c11-10(8-5-6-8)7-12-9-3-1-2-4-9/h8-9H,1-7H2. The van der Waals surface area contributed by atoms with Crippen LogP contribution in [0.15, 0.2) is 0 Å². The summed E-state index contributed by atoms with van der Waals surface area (Å²) >= 11 is 1.91. The lowest BCUT2D eigenvalue weighted by molar-refractivity contribution is -0.117. The fraction of sp³-hybridized carbons (Fsp3) is 0.900. The molecule has 2 rings (SSSR count). The van der Waals surface area contributed by atoms with Crippen molar-refractivity contribution >= 4 is 17.5 Å². The molecule has 12 heavy (non-hydrogen) atoms. The number of carbonyl (C=O) groups is 1. The van der Waals surface area contributed by atoms with E-state index in [4.69, 9.17) is 0 Å². The van der Waals surface area contributed by atoms with Crippen LogP contribution >= 0.6 is 11.8 Å². The Morgan fingerprint density at radius 2 is 1.83 bits per heavy atom. The van der Waals surface area contributed by atoms with E-state index in [1.165, 1.54) is 38.5 Å². The highest BCUT2D eigenvalue weighted by Crippen LogP contribution is 2.34. The molecule has 2 aliphatic rings. The summed E-state index contributed by atoms with van der Waals surface area (Å²) in [4.78, 5) is 11.3. The summed E-state index contributed by atoms with van der Waals surface area (Å²) in [5, 5.41) is 0.813. The number of hydrogen-bond acceptors (Lipinski definition) is 2. The van der Waals surface area contributed by atoms with E-state index in [-0.39, 0.29) is 0 Å². The van der Waals surface area contributed by atoms with Crippen LogP contribution in [0.25, 0.3) is 0 Å². The van der Waals surface area contributed by atoms with Crippen molar-refractivity contribution in [2.24, 2.45) is 5.92 Å².